The summed E-state index contributed by atoms with van der Waals surface area (Å²) in [6, 6.07) is 2.53. The minimum Gasteiger partial charge on any atom is -0.381 e. The van der Waals surface area contributed by atoms with Gasteiger partial charge in [-0.3, -0.25) is 4.98 Å². The van der Waals surface area contributed by atoms with Gasteiger partial charge in [0.2, 0.25) is 0 Å². The van der Waals surface area contributed by atoms with Gasteiger partial charge in [0.15, 0.2) is 0 Å². The van der Waals surface area contributed by atoms with Gasteiger partial charge in [0, 0.05) is 16.7 Å². The molecule has 2 unspecified atom stereocenters. The number of anilines is 1. The molecule has 0 radical (unpaired) electrons. The molecule has 0 aromatic carbocycles. The normalized spacial score (nSPS) is 14.9. The third-order valence-corrected chi connectivity index (χ3v) is 3.03. The molecule has 1 heterocycles. The Labute approximate surface area is 94.3 Å². The monoisotopic (exact) mass is 256 g/mol. The summed E-state index contributed by atoms with van der Waals surface area (Å²) in [5.74, 6) is 0.675. The van der Waals surface area contributed by atoms with Crippen molar-refractivity contribution in [2.75, 3.05) is 5.32 Å². The number of rotatable bonds is 4. The third-order valence-electron chi connectivity index (χ3n) is 2.60. The van der Waals surface area contributed by atoms with Gasteiger partial charge in [0.25, 0.3) is 0 Å². The van der Waals surface area contributed by atoms with E-state index in [0.29, 0.717) is 12.0 Å². The topological polar surface area (TPSA) is 24.9 Å². The molecule has 2 atom stereocenters. The van der Waals surface area contributed by atoms with Gasteiger partial charge in [-0.15, -0.1) is 0 Å². The van der Waals surface area contributed by atoms with Gasteiger partial charge in [-0.1, -0.05) is 20.3 Å². The summed E-state index contributed by atoms with van der Waals surface area (Å²) in [5.41, 5.74) is 1.08. The second kappa shape index (κ2) is 5.35. The molecule has 1 rings (SSSR count). The van der Waals surface area contributed by atoms with Crippen molar-refractivity contribution in [1.82, 2.24) is 4.98 Å². The highest BCUT2D eigenvalue weighted by molar-refractivity contribution is 9.10. The Morgan fingerprint density at radius 1 is 1.43 bits per heavy atom. The molecule has 2 nitrogen and oxygen atoms in total. The highest BCUT2D eigenvalue weighted by Gasteiger charge is 2.09. The summed E-state index contributed by atoms with van der Waals surface area (Å²) in [5, 5.41) is 3.44. The molecule has 0 spiro atoms. The van der Waals surface area contributed by atoms with E-state index in [-0.39, 0.29) is 0 Å². The molecule has 1 aromatic heterocycles. The minimum absolute atomic E-state index is 0.482. The molecule has 0 fully saturated rings. The predicted molar refractivity (Wildman–Crippen MR) is 64.5 cm³/mol. The van der Waals surface area contributed by atoms with Gasteiger partial charge < -0.3 is 5.32 Å². The molecule has 0 saturated heterocycles. The van der Waals surface area contributed by atoms with Crippen LogP contribution in [0.4, 0.5) is 5.69 Å². The van der Waals surface area contributed by atoms with Crippen molar-refractivity contribution in [3.05, 3.63) is 22.9 Å². The summed E-state index contributed by atoms with van der Waals surface area (Å²) in [6.45, 7) is 6.67. The first kappa shape index (κ1) is 11.5. The van der Waals surface area contributed by atoms with Gasteiger partial charge in [-0.05, 0) is 34.8 Å². The van der Waals surface area contributed by atoms with Gasteiger partial charge in [0.05, 0.1) is 11.9 Å². The van der Waals surface area contributed by atoms with Crippen LogP contribution in [0.1, 0.15) is 27.2 Å². The standard InChI is InChI=1S/C11H17BrN2/c1-4-8(2)9(3)14-11-5-10(12)6-13-7-11/h5-9,14H,4H2,1-3H3. The molecule has 0 aliphatic heterocycles. The number of pyridine rings is 1. The Morgan fingerprint density at radius 3 is 2.71 bits per heavy atom. The lowest BCUT2D eigenvalue weighted by atomic mass is 10.0. The lowest BCUT2D eigenvalue weighted by Gasteiger charge is -2.20. The van der Waals surface area contributed by atoms with Crippen LogP contribution in [-0.2, 0) is 0 Å². The van der Waals surface area contributed by atoms with Gasteiger partial charge >= 0.3 is 0 Å². The highest BCUT2D eigenvalue weighted by Crippen LogP contribution is 2.17. The fourth-order valence-corrected chi connectivity index (χ4v) is 1.61. The maximum Gasteiger partial charge on any atom is 0.0540 e. The van der Waals surface area contributed by atoms with Crippen LogP contribution in [-0.4, -0.2) is 11.0 Å². The summed E-state index contributed by atoms with van der Waals surface area (Å²) >= 11 is 3.40. The first-order chi connectivity index (χ1) is 6.63. The van der Waals surface area contributed by atoms with Crippen LogP contribution in [0.15, 0.2) is 22.9 Å². The zero-order valence-corrected chi connectivity index (χ0v) is 10.5. The van der Waals surface area contributed by atoms with E-state index in [1.807, 2.05) is 12.3 Å². The van der Waals surface area contributed by atoms with Crippen LogP contribution >= 0.6 is 15.9 Å². The molecular formula is C11H17BrN2. The minimum atomic E-state index is 0.482. The zero-order chi connectivity index (χ0) is 10.6. The lowest BCUT2D eigenvalue weighted by Crippen LogP contribution is -2.23. The maximum atomic E-state index is 4.11. The Bertz CT molecular complexity index is 288. The summed E-state index contributed by atoms with van der Waals surface area (Å²) in [6.07, 6.45) is 4.83. The van der Waals surface area contributed by atoms with Crippen molar-refractivity contribution >= 4 is 21.6 Å². The Morgan fingerprint density at radius 2 is 2.14 bits per heavy atom. The van der Waals surface area contributed by atoms with E-state index in [1.165, 1.54) is 6.42 Å². The number of halogens is 1. The van der Waals surface area contributed by atoms with Gasteiger partial charge in [-0.25, -0.2) is 0 Å². The number of aromatic nitrogens is 1. The second-order valence-corrected chi connectivity index (χ2v) is 4.63. The van der Waals surface area contributed by atoms with Gasteiger partial charge in [-0.2, -0.15) is 0 Å². The van der Waals surface area contributed by atoms with Crippen molar-refractivity contribution in [3.63, 3.8) is 0 Å². The van der Waals surface area contributed by atoms with Crippen molar-refractivity contribution in [3.8, 4) is 0 Å². The van der Waals surface area contributed by atoms with Crippen LogP contribution in [0.25, 0.3) is 0 Å². The molecule has 0 amide bonds. The molecule has 0 aliphatic carbocycles. The largest absolute Gasteiger partial charge is 0.381 e. The first-order valence-corrected chi connectivity index (χ1v) is 5.80. The van der Waals surface area contributed by atoms with Crippen LogP contribution in [0, 0.1) is 5.92 Å². The van der Waals surface area contributed by atoms with Crippen molar-refractivity contribution < 1.29 is 0 Å². The van der Waals surface area contributed by atoms with Crippen LogP contribution < -0.4 is 5.32 Å². The number of nitrogens with zero attached hydrogens (tertiary/aromatic N) is 1. The molecular weight excluding hydrogens is 240 g/mol. The third kappa shape index (κ3) is 3.29. The smallest absolute Gasteiger partial charge is 0.0540 e. The van der Waals surface area contributed by atoms with E-state index in [1.54, 1.807) is 6.20 Å². The molecule has 0 bridgehead atoms. The van der Waals surface area contributed by atoms with Crippen molar-refractivity contribution in [2.24, 2.45) is 5.92 Å². The zero-order valence-electron chi connectivity index (χ0n) is 8.92. The lowest BCUT2D eigenvalue weighted by molar-refractivity contribution is 0.494. The van der Waals surface area contributed by atoms with E-state index in [4.69, 9.17) is 0 Å². The average molecular weight is 257 g/mol. The number of nitrogens with one attached hydrogen (secondary N) is 1. The summed E-state index contributed by atoms with van der Waals surface area (Å²) < 4.78 is 1.01. The maximum absolute atomic E-state index is 4.11. The number of hydrogen-bond donors (Lipinski definition) is 1. The summed E-state index contributed by atoms with van der Waals surface area (Å²) in [4.78, 5) is 4.11. The molecule has 1 N–H and O–H groups in total. The fraction of sp³-hybridized carbons (Fsp3) is 0.545. The average Bonchev–Trinajstić information content (AvgIpc) is 2.16. The van der Waals surface area contributed by atoms with E-state index < -0.39 is 0 Å². The highest BCUT2D eigenvalue weighted by atomic mass is 79.9. The van der Waals surface area contributed by atoms with E-state index in [2.05, 4.69) is 47.0 Å². The quantitative estimate of drug-likeness (QED) is 0.889. The van der Waals surface area contributed by atoms with Crippen molar-refractivity contribution in [1.29, 1.82) is 0 Å². The molecule has 3 heteroatoms. The van der Waals surface area contributed by atoms with Crippen LogP contribution in [0.2, 0.25) is 0 Å². The number of hydrogen-bond acceptors (Lipinski definition) is 2. The second-order valence-electron chi connectivity index (χ2n) is 3.71. The molecule has 0 saturated carbocycles. The van der Waals surface area contributed by atoms with Crippen LogP contribution in [0.5, 0.6) is 0 Å². The SMILES string of the molecule is CCC(C)C(C)Nc1cncc(Br)c1. The molecule has 78 valence electrons. The fourth-order valence-electron chi connectivity index (χ4n) is 1.25. The molecule has 0 aliphatic rings. The Hall–Kier alpha value is -0.570. The van der Waals surface area contributed by atoms with Crippen LogP contribution in [0.3, 0.4) is 0 Å². The first-order valence-electron chi connectivity index (χ1n) is 5.00. The summed E-state index contributed by atoms with van der Waals surface area (Å²) in [7, 11) is 0. The predicted octanol–water partition coefficient (Wildman–Crippen LogP) is 3.69. The van der Waals surface area contributed by atoms with E-state index in [9.17, 15) is 0 Å². The van der Waals surface area contributed by atoms with E-state index in [0.717, 1.165) is 10.2 Å². The molecule has 14 heavy (non-hydrogen) atoms. The van der Waals surface area contributed by atoms with Crippen molar-refractivity contribution in [2.45, 2.75) is 33.2 Å². The van der Waals surface area contributed by atoms with E-state index >= 15 is 0 Å². The Kier molecular flexibility index (Phi) is 4.39. The molecule has 1 aromatic rings. The van der Waals surface area contributed by atoms with Gasteiger partial charge in [0.1, 0.15) is 0 Å². The Balaban J connectivity index is 2.60.